The van der Waals surface area contributed by atoms with Gasteiger partial charge in [0.2, 0.25) is 5.91 Å². The van der Waals surface area contributed by atoms with E-state index in [1.54, 1.807) is 42.5 Å². The van der Waals surface area contributed by atoms with Crippen molar-refractivity contribution in [1.29, 1.82) is 0 Å². The zero-order valence-corrected chi connectivity index (χ0v) is 36.1. The number of fused-ring (bicyclic) bond motifs is 1. The van der Waals surface area contributed by atoms with E-state index in [0.29, 0.717) is 71.4 Å². The molecular weight excluding hydrogens is 832 g/mol. The van der Waals surface area contributed by atoms with Gasteiger partial charge in [0.05, 0.1) is 55.6 Å². The number of ether oxygens (including phenoxy) is 2. The van der Waals surface area contributed by atoms with Gasteiger partial charge in [0.15, 0.2) is 0 Å². The molecule has 9 rings (SSSR count). The molecule has 3 aromatic heterocycles. The highest BCUT2D eigenvalue weighted by atomic mass is 19.1. The number of amides is 3. The number of hydrogen-bond donors (Lipinski definition) is 4. The molecule has 2 fully saturated rings. The van der Waals surface area contributed by atoms with Crippen LogP contribution in [0.5, 0.6) is 0 Å². The molecule has 7 aromatic rings. The molecule has 334 valence electrons. The molecule has 4 N–H and O–H groups in total. The van der Waals surface area contributed by atoms with Crippen LogP contribution in [-0.2, 0) is 23.9 Å². The molecular formula is C49H49FN8O7. The summed E-state index contributed by atoms with van der Waals surface area (Å²) in [4.78, 5) is 68.6. The van der Waals surface area contributed by atoms with Crippen molar-refractivity contribution in [2.45, 2.75) is 49.9 Å². The number of furan rings is 1. The lowest BCUT2D eigenvalue weighted by atomic mass is 10.0. The fourth-order valence-electron chi connectivity index (χ4n) is 8.68. The lowest BCUT2D eigenvalue weighted by molar-refractivity contribution is -0.135. The zero-order valence-electron chi connectivity index (χ0n) is 36.1. The number of carbonyl (C=O) groups excluding carboxylic acids is 4. The van der Waals surface area contributed by atoms with Crippen molar-refractivity contribution in [3.05, 3.63) is 144 Å². The van der Waals surface area contributed by atoms with Crippen LogP contribution in [0.3, 0.4) is 0 Å². The summed E-state index contributed by atoms with van der Waals surface area (Å²) in [5.74, 6) is 0.999. The number of nitrogens with zero attached hydrogens (tertiary/aromatic N) is 4. The van der Waals surface area contributed by atoms with Crippen LogP contribution in [0.1, 0.15) is 72.6 Å². The fraction of sp³-hybridized carbons (Fsp3) is 0.265. The maximum absolute atomic E-state index is 15.9. The summed E-state index contributed by atoms with van der Waals surface area (Å²) in [5, 5.41) is 6.65. The second-order valence-electron chi connectivity index (χ2n) is 15.7. The van der Waals surface area contributed by atoms with Crippen molar-refractivity contribution in [3.63, 3.8) is 0 Å². The van der Waals surface area contributed by atoms with Crippen molar-refractivity contribution in [2.24, 2.45) is 0 Å². The first-order valence-electron chi connectivity index (χ1n) is 21.3. The lowest BCUT2D eigenvalue weighted by Gasteiger charge is -2.28. The van der Waals surface area contributed by atoms with Crippen LogP contribution in [0, 0.1) is 5.82 Å². The highest BCUT2D eigenvalue weighted by Crippen LogP contribution is 2.38. The van der Waals surface area contributed by atoms with Gasteiger partial charge in [-0.15, -0.1) is 0 Å². The minimum absolute atomic E-state index is 0.00849. The van der Waals surface area contributed by atoms with E-state index < -0.39 is 24.0 Å². The molecule has 5 heterocycles. The summed E-state index contributed by atoms with van der Waals surface area (Å²) >= 11 is 0. The molecule has 4 aromatic carbocycles. The fourth-order valence-corrected chi connectivity index (χ4v) is 8.68. The number of aromatic amines is 2. The second-order valence-corrected chi connectivity index (χ2v) is 15.7. The normalized spacial score (nSPS) is 16.7. The maximum Gasteiger partial charge on any atom is 0.407 e. The number of imidazole rings is 2. The number of methoxy groups -OCH3 is 2. The van der Waals surface area contributed by atoms with Gasteiger partial charge in [0, 0.05) is 29.6 Å². The molecule has 4 atom stereocenters. The summed E-state index contributed by atoms with van der Waals surface area (Å²) in [5.41, 5.74) is 5.35. The van der Waals surface area contributed by atoms with Crippen LogP contribution in [0.2, 0.25) is 0 Å². The lowest BCUT2D eigenvalue weighted by Crippen LogP contribution is -2.42. The van der Waals surface area contributed by atoms with Gasteiger partial charge in [-0.05, 0) is 80.3 Å². The minimum atomic E-state index is -0.913. The first kappa shape index (κ1) is 44.0. The Morgan fingerprint density at radius 2 is 1.31 bits per heavy atom. The van der Waals surface area contributed by atoms with Gasteiger partial charge in [-0.3, -0.25) is 14.4 Å². The first-order chi connectivity index (χ1) is 31.7. The highest BCUT2D eigenvalue weighted by molar-refractivity contribution is 5.89. The van der Waals surface area contributed by atoms with Crippen molar-refractivity contribution >= 4 is 35.3 Å². The van der Waals surface area contributed by atoms with Crippen molar-refractivity contribution in [2.75, 3.05) is 34.4 Å². The van der Waals surface area contributed by atoms with Gasteiger partial charge < -0.3 is 44.3 Å². The number of aromatic nitrogens is 4. The van der Waals surface area contributed by atoms with E-state index in [1.807, 2.05) is 83.8 Å². The minimum Gasteiger partial charge on any atom is -0.471 e. The second kappa shape index (κ2) is 19.8. The molecule has 2 unspecified atom stereocenters. The Balaban J connectivity index is 0.00000138. The van der Waals surface area contributed by atoms with Crippen LogP contribution in [-0.4, -0.2) is 88.5 Å². The zero-order chi connectivity index (χ0) is 45.5. The summed E-state index contributed by atoms with van der Waals surface area (Å²) < 4.78 is 30.7. The molecule has 0 radical (unpaired) electrons. The van der Waals surface area contributed by atoms with Gasteiger partial charge in [-0.25, -0.2) is 19.2 Å². The molecule has 65 heavy (non-hydrogen) atoms. The van der Waals surface area contributed by atoms with Crippen LogP contribution in [0.25, 0.3) is 44.8 Å². The third-order valence-corrected chi connectivity index (χ3v) is 11.9. The number of rotatable bonds is 12. The predicted octanol–water partition coefficient (Wildman–Crippen LogP) is 8.19. The average Bonchev–Trinajstić information content (AvgIpc) is 4.21. The Morgan fingerprint density at radius 3 is 1.85 bits per heavy atom. The summed E-state index contributed by atoms with van der Waals surface area (Å²) in [7, 11) is 4.37. The molecule has 0 saturated carbocycles. The SMILES string of the molecule is CN[C@@H](C(=O)N1CCC[C@H]1c1ncc(-c2ccc(-c3cc4cc(-c5cnc(C6CCCN6C(=O)C(NC(=O)OC)c6ccccc6)[nH]5)ccc4o3)c(F)c2)[nH]1)c1ccccc1.COC=O. The number of likely N-dealkylation sites (tertiary alicyclic amines) is 2. The Labute approximate surface area is 374 Å². The van der Waals surface area contributed by atoms with E-state index in [9.17, 15) is 14.4 Å². The molecule has 16 heteroatoms. The summed E-state index contributed by atoms with van der Waals surface area (Å²) in [6.07, 6.45) is 5.87. The monoisotopic (exact) mass is 880 g/mol. The van der Waals surface area contributed by atoms with Gasteiger partial charge in [-0.1, -0.05) is 66.7 Å². The Hall–Kier alpha value is -7.59. The number of carbonyl (C=O) groups is 4. The van der Waals surface area contributed by atoms with Crippen molar-refractivity contribution < 1.29 is 37.5 Å². The number of halogens is 1. The largest absolute Gasteiger partial charge is 0.471 e. The van der Waals surface area contributed by atoms with E-state index in [1.165, 1.54) is 20.3 Å². The van der Waals surface area contributed by atoms with Crippen LogP contribution < -0.4 is 10.6 Å². The Kier molecular flexibility index (Phi) is 13.4. The standard InChI is InChI=1S/C47H45FN8O5.C2H4O2/c1-49-41(28-11-5-3-6-12-28)45(57)55-21-9-15-37(55)43-51-27-36(53-43)31-17-19-33(34(48)24-31)40-25-32-23-30(18-20-39(32)61-40)35-26-50-44(52-35)38-16-10-22-56(38)46(58)42(54-47(59)60-2)29-13-7-4-8-14-29;1-4-2-3/h3-8,11-14,17-20,23-27,37-38,41-42,49H,9-10,15-16,21-22H2,1-2H3,(H,50,52)(H,51,53)(H,54,59);2H,1H3/t37-,38?,41+,42?;/m0./s1. The van der Waals surface area contributed by atoms with E-state index in [2.05, 4.69) is 35.3 Å². The van der Waals surface area contributed by atoms with Crippen molar-refractivity contribution in [3.8, 4) is 33.8 Å². The van der Waals surface area contributed by atoms with E-state index in [0.717, 1.165) is 41.5 Å². The number of nitrogens with one attached hydrogen (secondary N) is 4. The number of likely N-dealkylation sites (N-methyl/N-ethyl adjacent to an activating group) is 1. The van der Waals surface area contributed by atoms with Crippen LogP contribution >= 0.6 is 0 Å². The summed E-state index contributed by atoms with van der Waals surface area (Å²) in [6, 6.07) is 29.4. The highest BCUT2D eigenvalue weighted by Gasteiger charge is 2.38. The first-order valence-corrected chi connectivity index (χ1v) is 21.3. The van der Waals surface area contributed by atoms with E-state index >= 15 is 4.39 Å². The number of alkyl carbamates (subject to hydrolysis) is 1. The van der Waals surface area contributed by atoms with Gasteiger partial charge in [0.1, 0.15) is 40.9 Å². The molecule has 3 amide bonds. The van der Waals surface area contributed by atoms with Crippen LogP contribution in [0.4, 0.5) is 9.18 Å². The van der Waals surface area contributed by atoms with Gasteiger partial charge in [0.25, 0.3) is 12.4 Å². The smallest absolute Gasteiger partial charge is 0.407 e. The third kappa shape index (κ3) is 9.38. The third-order valence-electron chi connectivity index (χ3n) is 11.9. The molecule has 0 spiro atoms. The quantitative estimate of drug-likeness (QED) is 0.0872. The summed E-state index contributed by atoms with van der Waals surface area (Å²) in [6.45, 7) is 1.52. The predicted molar refractivity (Wildman–Crippen MR) is 240 cm³/mol. The molecule has 0 bridgehead atoms. The van der Waals surface area contributed by atoms with Gasteiger partial charge >= 0.3 is 6.09 Å². The molecule has 2 saturated heterocycles. The molecule has 2 aliphatic heterocycles. The number of H-pyrrole nitrogens is 2. The Bertz CT molecular complexity index is 2770. The van der Waals surface area contributed by atoms with E-state index in [-0.39, 0.29) is 23.9 Å². The molecule has 0 aliphatic carbocycles. The number of hydrogen-bond acceptors (Lipinski definition) is 10. The maximum atomic E-state index is 15.9. The van der Waals surface area contributed by atoms with E-state index in [4.69, 9.17) is 13.9 Å². The van der Waals surface area contributed by atoms with Crippen molar-refractivity contribution in [1.82, 2.24) is 40.4 Å². The topological polar surface area (TPSA) is 188 Å². The molecule has 2 aliphatic rings. The van der Waals surface area contributed by atoms with Crippen LogP contribution in [0.15, 0.2) is 120 Å². The molecule has 15 nitrogen and oxygen atoms in total. The number of benzene rings is 4. The van der Waals surface area contributed by atoms with Gasteiger partial charge in [-0.2, -0.15) is 0 Å². The average molecular weight is 881 g/mol. The Morgan fingerprint density at radius 1 is 0.769 bits per heavy atom.